The van der Waals surface area contributed by atoms with Crippen molar-refractivity contribution in [3.63, 3.8) is 0 Å². The lowest BCUT2D eigenvalue weighted by Crippen LogP contribution is -2.14. The van der Waals surface area contributed by atoms with E-state index in [2.05, 4.69) is 11.6 Å². The molecule has 0 fully saturated rings. The lowest BCUT2D eigenvalue weighted by Gasteiger charge is -2.05. The third-order valence-electron chi connectivity index (χ3n) is 2.28. The molecule has 0 spiro atoms. The van der Waals surface area contributed by atoms with Gasteiger partial charge in [0.15, 0.2) is 0 Å². The van der Waals surface area contributed by atoms with Crippen LogP contribution in [-0.2, 0) is 10.0 Å². The van der Waals surface area contributed by atoms with Crippen molar-refractivity contribution in [1.29, 1.82) is 0 Å². The van der Waals surface area contributed by atoms with Crippen molar-refractivity contribution >= 4 is 16.2 Å². The first-order valence-electron chi connectivity index (χ1n) is 4.76. The molecule has 0 bridgehead atoms. The largest absolute Gasteiger partial charge is 0.261 e. The van der Waals surface area contributed by atoms with Crippen molar-refractivity contribution in [3.8, 4) is 0 Å². The molecule has 0 aromatic heterocycles. The molecule has 0 aromatic rings. The molecule has 0 heterocycles. The normalized spacial score (nSPS) is 15.2. The molecule has 5 heteroatoms. The van der Waals surface area contributed by atoms with Gasteiger partial charge in [0.25, 0.3) is 0 Å². The number of sulfonamides is 1. The fraction of sp³-hybridized carbons (Fsp3) is 0.364. The lowest BCUT2D eigenvalue weighted by molar-refractivity contribution is 0.603. The Labute approximate surface area is 97.3 Å². The fourth-order valence-corrected chi connectivity index (χ4v) is 1.35. The van der Waals surface area contributed by atoms with Gasteiger partial charge in [-0.15, -0.1) is 0 Å². The van der Waals surface area contributed by atoms with Crippen LogP contribution in [0.4, 0.5) is 0 Å². The Hall–Kier alpha value is -1.20. The predicted molar refractivity (Wildman–Crippen MR) is 68.5 cm³/mol. The van der Waals surface area contributed by atoms with Gasteiger partial charge in [0, 0.05) is 11.9 Å². The molecule has 0 unspecified atom stereocenters. The minimum atomic E-state index is -3.65. The summed E-state index contributed by atoms with van der Waals surface area (Å²) >= 11 is 0. The van der Waals surface area contributed by atoms with Gasteiger partial charge < -0.3 is 0 Å². The molecule has 90 valence electrons. The molecule has 4 nitrogen and oxygen atoms in total. The summed E-state index contributed by atoms with van der Waals surface area (Å²) in [5.74, 6) is 0. The molecule has 2 N–H and O–H groups in total. The van der Waals surface area contributed by atoms with Crippen LogP contribution in [0.2, 0.25) is 0 Å². The monoisotopic (exact) mass is 242 g/mol. The topological polar surface area (TPSA) is 72.5 Å². The van der Waals surface area contributed by atoms with E-state index in [1.807, 2.05) is 19.9 Å². The summed E-state index contributed by atoms with van der Waals surface area (Å²) in [5, 5.41) is 5.02. The van der Waals surface area contributed by atoms with E-state index in [-0.39, 0.29) is 4.91 Å². The number of aliphatic imine (C=N–C) groups is 1. The number of nitrogens with two attached hydrogens (primary N) is 1. The molecule has 0 amide bonds. The second-order valence-corrected chi connectivity index (χ2v) is 5.14. The minimum Gasteiger partial charge on any atom is -0.261 e. The van der Waals surface area contributed by atoms with Crippen LogP contribution in [0.5, 0.6) is 0 Å². The summed E-state index contributed by atoms with van der Waals surface area (Å²) in [6.07, 6.45) is 3.37. The number of hydrogen-bond donors (Lipinski definition) is 1. The second-order valence-electron chi connectivity index (χ2n) is 3.44. The minimum absolute atomic E-state index is 0.113. The smallest absolute Gasteiger partial charge is 0.234 e. The van der Waals surface area contributed by atoms with E-state index in [9.17, 15) is 8.42 Å². The van der Waals surface area contributed by atoms with Crippen LogP contribution < -0.4 is 5.14 Å². The molecule has 0 radical (unpaired) electrons. The van der Waals surface area contributed by atoms with Crippen molar-refractivity contribution in [3.05, 3.63) is 34.4 Å². The van der Waals surface area contributed by atoms with E-state index < -0.39 is 10.0 Å². The van der Waals surface area contributed by atoms with Gasteiger partial charge in [0.1, 0.15) is 0 Å². The first-order chi connectivity index (χ1) is 7.20. The van der Waals surface area contributed by atoms with Crippen molar-refractivity contribution in [2.75, 3.05) is 0 Å². The van der Waals surface area contributed by atoms with Crippen molar-refractivity contribution in [2.45, 2.75) is 27.7 Å². The average Bonchev–Trinajstić information content (AvgIpc) is 2.21. The Balaban J connectivity index is 5.12. The highest BCUT2D eigenvalue weighted by Gasteiger charge is 2.10. The average molecular weight is 242 g/mol. The fourth-order valence-electron chi connectivity index (χ4n) is 0.791. The summed E-state index contributed by atoms with van der Waals surface area (Å²) in [7, 11) is -3.65. The van der Waals surface area contributed by atoms with E-state index in [0.717, 1.165) is 5.70 Å². The SMILES string of the molecule is C=C(C=N/C(C)=C\C)/C(C)=C(\C)S(N)(=O)=O. The highest BCUT2D eigenvalue weighted by atomic mass is 32.2. The maximum absolute atomic E-state index is 11.1. The molecular formula is C11H18N2O2S. The summed E-state index contributed by atoms with van der Waals surface area (Å²) in [6, 6.07) is 0. The van der Waals surface area contributed by atoms with Crippen LogP contribution in [0.3, 0.4) is 0 Å². The summed E-state index contributed by atoms with van der Waals surface area (Å²) in [5.41, 5.74) is 1.89. The summed E-state index contributed by atoms with van der Waals surface area (Å²) in [4.78, 5) is 4.21. The maximum atomic E-state index is 11.1. The van der Waals surface area contributed by atoms with Gasteiger partial charge in [-0.3, -0.25) is 4.99 Å². The molecule has 0 rings (SSSR count). The van der Waals surface area contributed by atoms with Crippen LogP contribution in [0.25, 0.3) is 0 Å². The highest BCUT2D eigenvalue weighted by Crippen LogP contribution is 2.14. The van der Waals surface area contributed by atoms with E-state index in [0.29, 0.717) is 11.1 Å². The summed E-state index contributed by atoms with van der Waals surface area (Å²) < 4.78 is 22.2. The molecule has 0 aliphatic rings. The number of primary sulfonamides is 1. The third kappa shape index (κ3) is 4.55. The molecule has 0 saturated heterocycles. The lowest BCUT2D eigenvalue weighted by atomic mass is 10.1. The van der Waals surface area contributed by atoms with Gasteiger partial charge >= 0.3 is 0 Å². The standard InChI is InChI=1S/C11H18N2O2S/c1-6-9(3)13-7-8(2)10(4)11(5)16(12,14)15/h6-7H,2H2,1,3-5H3,(H2,12,14,15)/b9-6-,11-10+,13-7?. The third-order valence-corrected chi connectivity index (χ3v) is 3.44. The van der Waals surface area contributed by atoms with Crippen LogP contribution in [0, 0.1) is 0 Å². The number of nitrogens with zero attached hydrogens (tertiary/aromatic N) is 1. The second kappa shape index (κ2) is 5.77. The zero-order valence-electron chi connectivity index (χ0n) is 10.1. The molecule has 0 aliphatic carbocycles. The number of rotatable bonds is 4. The molecule has 0 atom stereocenters. The van der Waals surface area contributed by atoms with Crippen LogP contribution in [0.1, 0.15) is 27.7 Å². The number of hydrogen-bond acceptors (Lipinski definition) is 3. The molecular weight excluding hydrogens is 224 g/mol. The Morgan fingerprint density at radius 3 is 2.19 bits per heavy atom. The first kappa shape index (κ1) is 14.8. The Morgan fingerprint density at radius 1 is 1.31 bits per heavy atom. The zero-order valence-corrected chi connectivity index (χ0v) is 10.9. The summed E-state index contributed by atoms with van der Waals surface area (Å²) in [6.45, 7) is 10.6. The van der Waals surface area contributed by atoms with Crippen LogP contribution >= 0.6 is 0 Å². The zero-order chi connectivity index (χ0) is 12.9. The van der Waals surface area contributed by atoms with Crippen molar-refractivity contribution in [2.24, 2.45) is 10.1 Å². The van der Waals surface area contributed by atoms with E-state index in [1.54, 1.807) is 6.92 Å². The van der Waals surface area contributed by atoms with E-state index >= 15 is 0 Å². The van der Waals surface area contributed by atoms with E-state index in [4.69, 9.17) is 5.14 Å². The van der Waals surface area contributed by atoms with Crippen LogP contribution in [-0.4, -0.2) is 14.6 Å². The van der Waals surface area contributed by atoms with Gasteiger partial charge in [-0.05, 0) is 38.8 Å². The molecule has 16 heavy (non-hydrogen) atoms. The van der Waals surface area contributed by atoms with Crippen molar-refractivity contribution in [1.82, 2.24) is 0 Å². The quantitative estimate of drug-likeness (QED) is 0.605. The van der Waals surface area contributed by atoms with Gasteiger partial charge in [-0.25, -0.2) is 13.6 Å². The predicted octanol–water partition coefficient (Wildman–Crippen LogP) is 2.12. The van der Waals surface area contributed by atoms with Gasteiger partial charge in [0.2, 0.25) is 10.0 Å². The first-order valence-corrected chi connectivity index (χ1v) is 6.31. The van der Waals surface area contributed by atoms with Crippen LogP contribution in [0.15, 0.2) is 39.4 Å². The Kier molecular flexibility index (Phi) is 5.33. The number of allylic oxidation sites excluding steroid dienone is 5. The molecule has 0 aliphatic heterocycles. The van der Waals surface area contributed by atoms with E-state index in [1.165, 1.54) is 13.1 Å². The Morgan fingerprint density at radius 2 is 1.81 bits per heavy atom. The highest BCUT2D eigenvalue weighted by molar-refractivity contribution is 7.93. The van der Waals surface area contributed by atoms with Gasteiger partial charge in [0.05, 0.1) is 4.91 Å². The molecule has 0 saturated carbocycles. The molecule has 0 aromatic carbocycles. The Bertz CT molecular complexity index is 468. The maximum Gasteiger partial charge on any atom is 0.234 e. The van der Waals surface area contributed by atoms with Crippen molar-refractivity contribution < 1.29 is 8.42 Å². The van der Waals surface area contributed by atoms with Gasteiger partial charge in [-0.1, -0.05) is 12.7 Å². The van der Waals surface area contributed by atoms with Gasteiger partial charge in [-0.2, -0.15) is 0 Å².